The maximum atomic E-state index is 14.5. The van der Waals surface area contributed by atoms with Gasteiger partial charge in [0.2, 0.25) is 5.91 Å². The number of esters is 3. The van der Waals surface area contributed by atoms with Crippen molar-refractivity contribution >= 4 is 35.6 Å². The lowest BCUT2D eigenvalue weighted by Crippen LogP contribution is -2.71. The van der Waals surface area contributed by atoms with Crippen LogP contribution >= 0.6 is 11.8 Å². The van der Waals surface area contributed by atoms with E-state index in [0.717, 1.165) is 22.3 Å². The van der Waals surface area contributed by atoms with E-state index in [1.807, 2.05) is 135 Å². The fraction of sp³-hybridized carbons (Fsp3) is 0.268. The van der Waals surface area contributed by atoms with E-state index < -0.39 is 51.5 Å². The zero-order valence-corrected chi connectivity index (χ0v) is 28.6. The van der Waals surface area contributed by atoms with Crippen molar-refractivity contribution in [1.82, 2.24) is 4.90 Å². The fourth-order valence-corrected chi connectivity index (χ4v) is 9.09. The van der Waals surface area contributed by atoms with Gasteiger partial charge in [-0.25, -0.2) is 9.59 Å². The first-order valence-electron chi connectivity index (χ1n) is 16.6. The second kappa shape index (κ2) is 13.6. The van der Waals surface area contributed by atoms with E-state index in [0.29, 0.717) is 0 Å². The summed E-state index contributed by atoms with van der Waals surface area (Å²) in [4.78, 5) is 58.0. The molecule has 0 radical (unpaired) electrons. The molecule has 2 saturated heterocycles. The van der Waals surface area contributed by atoms with Crippen molar-refractivity contribution in [3.05, 3.63) is 155 Å². The smallest absolute Gasteiger partial charge is 0.334 e. The third-order valence-corrected chi connectivity index (χ3v) is 11.4. The summed E-state index contributed by atoms with van der Waals surface area (Å²) < 4.78 is 17.0. The molecule has 1 spiro atoms. The summed E-state index contributed by atoms with van der Waals surface area (Å²) in [6.45, 7) is 3.81. The SMILES string of the molecule is CC1(C)S[C@H]2N(C(=O)C23CC=C(C(=O)OCc2ccccc2)C3C(=O)OCc2ccccc2)[C@H]1C(=O)OC(c1ccccc1)c1ccccc1. The van der Waals surface area contributed by atoms with E-state index in [1.165, 1.54) is 11.8 Å². The highest BCUT2D eigenvalue weighted by atomic mass is 32.2. The molecule has 4 atom stereocenters. The second-order valence-corrected chi connectivity index (χ2v) is 15.1. The van der Waals surface area contributed by atoms with Crippen LogP contribution < -0.4 is 0 Å². The average molecular weight is 688 g/mol. The number of β-lactam (4-membered cyclic amide) rings is 1. The molecule has 4 aromatic carbocycles. The molecule has 0 saturated carbocycles. The van der Waals surface area contributed by atoms with Crippen LogP contribution in [-0.4, -0.2) is 44.9 Å². The minimum Gasteiger partial charge on any atom is -0.460 e. The molecule has 2 fully saturated rings. The van der Waals surface area contributed by atoms with E-state index in [-0.39, 0.29) is 31.1 Å². The molecule has 0 aromatic heterocycles. The Morgan fingerprint density at radius 3 is 1.78 bits per heavy atom. The molecule has 3 aliphatic rings. The number of benzene rings is 4. The molecule has 1 aliphatic carbocycles. The van der Waals surface area contributed by atoms with Crippen molar-refractivity contribution in [2.45, 2.75) is 55.7 Å². The standard InChI is InChI=1S/C41H37NO7S/c1-40(2)34(37(45)49-33(29-19-11-5-12-20-29)30-21-13-6-14-22-30)42-38(46)41(39(42)50-40)24-23-31(35(43)47-25-27-15-7-3-8-16-27)32(41)36(44)48-26-28-17-9-4-10-18-28/h3-23,32-34,39H,24-26H2,1-2H3/t32?,34-,39+,41?/m0/s1. The number of hydrogen-bond donors (Lipinski definition) is 0. The molecule has 50 heavy (non-hydrogen) atoms. The van der Waals surface area contributed by atoms with Crippen molar-refractivity contribution in [3.8, 4) is 0 Å². The number of nitrogens with zero attached hydrogens (tertiary/aromatic N) is 1. The van der Waals surface area contributed by atoms with Gasteiger partial charge in [-0.1, -0.05) is 127 Å². The van der Waals surface area contributed by atoms with Crippen molar-refractivity contribution in [2.75, 3.05) is 0 Å². The van der Waals surface area contributed by atoms with Gasteiger partial charge in [0.05, 0.1) is 5.37 Å². The number of rotatable bonds is 10. The zero-order valence-electron chi connectivity index (χ0n) is 27.8. The van der Waals surface area contributed by atoms with Gasteiger partial charge in [0.1, 0.15) is 30.6 Å². The third kappa shape index (κ3) is 6.00. The zero-order chi connectivity index (χ0) is 34.9. The lowest BCUT2D eigenvalue weighted by atomic mass is 9.67. The van der Waals surface area contributed by atoms with Gasteiger partial charge in [-0.2, -0.15) is 0 Å². The molecule has 4 aromatic rings. The molecule has 7 rings (SSSR count). The molecule has 2 unspecified atom stereocenters. The minimum atomic E-state index is -1.32. The fourth-order valence-electron chi connectivity index (χ4n) is 7.30. The Morgan fingerprint density at radius 1 is 0.740 bits per heavy atom. The van der Waals surface area contributed by atoms with Crippen LogP contribution in [0, 0.1) is 11.3 Å². The first-order valence-corrected chi connectivity index (χ1v) is 17.5. The Kier molecular flexibility index (Phi) is 9.09. The summed E-state index contributed by atoms with van der Waals surface area (Å²) in [6.07, 6.45) is 1.09. The second-order valence-electron chi connectivity index (χ2n) is 13.3. The highest BCUT2D eigenvalue weighted by molar-refractivity contribution is 8.01. The van der Waals surface area contributed by atoms with Crippen molar-refractivity contribution < 1.29 is 33.4 Å². The lowest BCUT2D eigenvalue weighted by Gasteiger charge is -2.54. The molecule has 8 nitrogen and oxygen atoms in total. The number of carbonyl (C=O) groups is 4. The van der Waals surface area contributed by atoms with Crippen molar-refractivity contribution in [2.24, 2.45) is 11.3 Å². The van der Waals surface area contributed by atoms with Gasteiger partial charge < -0.3 is 19.1 Å². The number of allylic oxidation sites excluding steroid dienone is 1. The Hall–Kier alpha value is -5.15. The minimum absolute atomic E-state index is 0.0129. The normalized spacial score (nSPS) is 23.2. The maximum absolute atomic E-state index is 14.5. The molecule has 254 valence electrons. The van der Waals surface area contributed by atoms with Gasteiger partial charge in [-0.05, 0) is 42.5 Å². The number of amides is 1. The van der Waals surface area contributed by atoms with E-state index in [2.05, 4.69) is 0 Å². The first kappa shape index (κ1) is 33.4. The summed E-state index contributed by atoms with van der Waals surface area (Å²) in [6, 6.07) is 36.5. The van der Waals surface area contributed by atoms with Gasteiger partial charge in [0.25, 0.3) is 0 Å². The van der Waals surface area contributed by atoms with Crippen molar-refractivity contribution in [3.63, 3.8) is 0 Å². The molecule has 1 amide bonds. The quantitative estimate of drug-likeness (QED) is 0.102. The highest BCUT2D eigenvalue weighted by Crippen LogP contribution is 2.66. The molecule has 2 aliphatic heterocycles. The van der Waals surface area contributed by atoms with Gasteiger partial charge in [-0.15, -0.1) is 11.8 Å². The topological polar surface area (TPSA) is 99.2 Å². The van der Waals surface area contributed by atoms with Crippen LogP contribution in [0.15, 0.2) is 133 Å². The van der Waals surface area contributed by atoms with Crippen molar-refractivity contribution in [1.29, 1.82) is 0 Å². The molecule has 0 N–H and O–H groups in total. The van der Waals surface area contributed by atoms with Crippen LogP contribution in [0.2, 0.25) is 0 Å². The van der Waals surface area contributed by atoms with Crippen LogP contribution in [-0.2, 0) is 46.6 Å². The van der Waals surface area contributed by atoms with Crippen LogP contribution in [0.25, 0.3) is 0 Å². The first-order chi connectivity index (χ1) is 24.2. The van der Waals surface area contributed by atoms with Gasteiger partial charge in [0.15, 0.2) is 6.10 Å². The maximum Gasteiger partial charge on any atom is 0.334 e. The molecular formula is C41H37NO7S. The largest absolute Gasteiger partial charge is 0.460 e. The predicted molar refractivity (Wildman–Crippen MR) is 188 cm³/mol. The number of fused-ring (bicyclic) bond motifs is 2. The number of carbonyl (C=O) groups excluding carboxylic acids is 4. The molecule has 9 heteroatoms. The Labute approximate surface area is 295 Å². The van der Waals surface area contributed by atoms with Gasteiger partial charge in [-0.3, -0.25) is 9.59 Å². The summed E-state index contributed by atoms with van der Waals surface area (Å²) in [5, 5.41) is -0.584. The van der Waals surface area contributed by atoms with Crippen LogP contribution in [0.4, 0.5) is 0 Å². The van der Waals surface area contributed by atoms with Gasteiger partial charge in [0, 0.05) is 10.3 Å². The predicted octanol–water partition coefficient (Wildman–Crippen LogP) is 6.80. The van der Waals surface area contributed by atoms with E-state index in [1.54, 1.807) is 11.0 Å². The third-order valence-electron chi connectivity index (χ3n) is 9.73. The molecule has 2 heterocycles. The van der Waals surface area contributed by atoms with Crippen LogP contribution in [0.1, 0.15) is 48.6 Å². The summed E-state index contributed by atoms with van der Waals surface area (Å²) in [5.74, 6) is -3.49. The van der Waals surface area contributed by atoms with Gasteiger partial charge >= 0.3 is 17.9 Å². The van der Waals surface area contributed by atoms with Crippen LogP contribution in [0.5, 0.6) is 0 Å². The average Bonchev–Trinajstić information content (AvgIpc) is 3.69. The van der Waals surface area contributed by atoms with E-state index in [4.69, 9.17) is 14.2 Å². The Morgan fingerprint density at radius 2 is 1.24 bits per heavy atom. The Bertz CT molecular complexity index is 1880. The highest BCUT2D eigenvalue weighted by Gasteiger charge is 2.76. The molecular weight excluding hydrogens is 651 g/mol. The van der Waals surface area contributed by atoms with E-state index >= 15 is 0 Å². The number of hydrogen-bond acceptors (Lipinski definition) is 8. The number of ether oxygens (including phenoxy) is 3. The Balaban J connectivity index is 1.16. The lowest BCUT2D eigenvalue weighted by molar-refractivity contribution is -0.186. The summed E-state index contributed by atoms with van der Waals surface area (Å²) >= 11 is 1.44. The van der Waals surface area contributed by atoms with E-state index in [9.17, 15) is 19.2 Å². The van der Waals surface area contributed by atoms with Crippen LogP contribution in [0.3, 0.4) is 0 Å². The monoisotopic (exact) mass is 687 g/mol. The number of thioether (sulfide) groups is 1. The summed E-state index contributed by atoms with van der Waals surface area (Å²) in [7, 11) is 0. The molecule has 0 bridgehead atoms. The summed E-state index contributed by atoms with van der Waals surface area (Å²) in [5.41, 5.74) is 1.96.